The van der Waals surface area contributed by atoms with Gasteiger partial charge in [0.25, 0.3) is 5.91 Å². The van der Waals surface area contributed by atoms with Crippen molar-refractivity contribution in [2.45, 2.75) is 25.5 Å². The van der Waals surface area contributed by atoms with Crippen LogP contribution >= 0.6 is 11.3 Å². The molecule has 2 heterocycles. The van der Waals surface area contributed by atoms with Crippen molar-refractivity contribution in [2.24, 2.45) is 0 Å². The third-order valence-electron chi connectivity index (χ3n) is 4.92. The minimum Gasteiger partial charge on any atom is -0.375 e. The molecule has 1 aliphatic heterocycles. The average Bonchev–Trinajstić information content (AvgIpc) is 3.25. The molecule has 0 saturated heterocycles. The van der Waals surface area contributed by atoms with Crippen molar-refractivity contribution in [1.82, 2.24) is 0 Å². The number of ketones is 1. The summed E-state index contributed by atoms with van der Waals surface area (Å²) in [6, 6.07) is 18.2. The van der Waals surface area contributed by atoms with Crippen LogP contribution in [0.1, 0.15) is 32.8 Å². The summed E-state index contributed by atoms with van der Waals surface area (Å²) in [6.45, 7) is 2.33. The van der Waals surface area contributed by atoms with Crippen LogP contribution in [0.4, 0.5) is 5.69 Å². The molecular formula is C22H19NO3S. The van der Waals surface area contributed by atoms with E-state index in [4.69, 9.17) is 0 Å². The zero-order valence-corrected chi connectivity index (χ0v) is 15.7. The van der Waals surface area contributed by atoms with Crippen molar-refractivity contribution in [1.29, 1.82) is 0 Å². The van der Waals surface area contributed by atoms with Crippen LogP contribution in [0, 0.1) is 6.92 Å². The number of nitrogens with zero attached hydrogens (tertiary/aromatic N) is 1. The zero-order valence-electron chi connectivity index (χ0n) is 14.9. The summed E-state index contributed by atoms with van der Waals surface area (Å²) >= 11 is 1.56. The molecule has 0 radical (unpaired) electrons. The lowest BCUT2D eigenvalue weighted by atomic mass is 9.88. The smallest absolute Gasteiger partial charge is 0.264 e. The summed E-state index contributed by atoms with van der Waals surface area (Å²) in [5.74, 6) is -0.698. The van der Waals surface area contributed by atoms with Gasteiger partial charge in [0, 0.05) is 16.0 Å². The Bertz CT molecular complexity index is 995. The number of benzene rings is 2. The quantitative estimate of drug-likeness (QED) is 0.682. The Morgan fingerprint density at radius 1 is 1.07 bits per heavy atom. The molecule has 1 unspecified atom stereocenters. The molecule has 4 nitrogen and oxygen atoms in total. The number of anilines is 1. The lowest BCUT2D eigenvalue weighted by molar-refractivity contribution is -0.136. The predicted molar refractivity (Wildman–Crippen MR) is 106 cm³/mol. The highest BCUT2D eigenvalue weighted by Gasteiger charge is 2.50. The van der Waals surface area contributed by atoms with E-state index in [1.165, 1.54) is 0 Å². The summed E-state index contributed by atoms with van der Waals surface area (Å²) in [5.41, 5.74) is 0.864. The SMILES string of the molecule is Cc1ccc(C(=O)CC2(O)C(=O)N(Cc3cccs3)c3ccccc32)cc1. The Balaban J connectivity index is 1.68. The number of fused-ring (bicyclic) bond motifs is 1. The van der Waals surface area contributed by atoms with Crippen molar-refractivity contribution < 1.29 is 14.7 Å². The van der Waals surface area contributed by atoms with E-state index in [9.17, 15) is 14.7 Å². The molecule has 2 aromatic carbocycles. The van der Waals surface area contributed by atoms with E-state index in [1.54, 1.807) is 40.5 Å². The van der Waals surface area contributed by atoms with Gasteiger partial charge in [-0.25, -0.2) is 0 Å². The maximum absolute atomic E-state index is 13.2. The summed E-state index contributed by atoms with van der Waals surface area (Å²) in [6.07, 6.45) is -0.271. The van der Waals surface area contributed by atoms with E-state index >= 15 is 0 Å². The second-order valence-electron chi connectivity index (χ2n) is 6.81. The van der Waals surface area contributed by atoms with Crippen molar-refractivity contribution in [3.63, 3.8) is 0 Å². The van der Waals surface area contributed by atoms with Gasteiger partial charge in [-0.05, 0) is 24.4 Å². The first-order chi connectivity index (χ1) is 13.0. The van der Waals surface area contributed by atoms with Gasteiger partial charge in [0.2, 0.25) is 0 Å². The van der Waals surface area contributed by atoms with E-state index < -0.39 is 11.5 Å². The minimum absolute atomic E-state index is 0.251. The lowest BCUT2D eigenvalue weighted by Gasteiger charge is -2.22. The maximum Gasteiger partial charge on any atom is 0.264 e. The van der Waals surface area contributed by atoms with Crippen LogP contribution in [-0.2, 0) is 16.9 Å². The Kier molecular flexibility index (Phi) is 4.42. The molecule has 0 fully saturated rings. The number of thiophene rings is 1. The van der Waals surface area contributed by atoms with E-state index in [0.717, 1.165) is 10.4 Å². The Labute approximate surface area is 161 Å². The number of rotatable bonds is 5. The van der Waals surface area contributed by atoms with E-state index in [0.29, 0.717) is 23.4 Å². The molecule has 4 rings (SSSR count). The average molecular weight is 377 g/mol. The van der Waals surface area contributed by atoms with Crippen LogP contribution in [0.5, 0.6) is 0 Å². The number of aryl methyl sites for hydroxylation is 1. The fraction of sp³-hybridized carbons (Fsp3) is 0.182. The number of para-hydroxylation sites is 1. The Morgan fingerprint density at radius 3 is 2.52 bits per heavy atom. The first-order valence-electron chi connectivity index (χ1n) is 8.75. The summed E-state index contributed by atoms with van der Waals surface area (Å²) in [5, 5.41) is 13.2. The van der Waals surface area contributed by atoms with Crippen LogP contribution in [0.25, 0.3) is 0 Å². The number of amides is 1. The molecule has 0 saturated carbocycles. The molecule has 136 valence electrons. The minimum atomic E-state index is -1.84. The van der Waals surface area contributed by atoms with Gasteiger partial charge in [0.15, 0.2) is 11.4 Å². The van der Waals surface area contributed by atoms with E-state index in [2.05, 4.69) is 0 Å². The molecule has 27 heavy (non-hydrogen) atoms. The highest BCUT2D eigenvalue weighted by molar-refractivity contribution is 7.09. The second-order valence-corrected chi connectivity index (χ2v) is 7.85. The molecule has 0 bridgehead atoms. The third kappa shape index (κ3) is 3.09. The highest BCUT2D eigenvalue weighted by Crippen LogP contribution is 2.43. The monoisotopic (exact) mass is 377 g/mol. The molecule has 0 spiro atoms. The van der Waals surface area contributed by atoms with E-state index in [-0.39, 0.29) is 12.2 Å². The van der Waals surface area contributed by atoms with Crippen LogP contribution < -0.4 is 4.90 Å². The molecule has 1 atom stereocenters. The Hall–Kier alpha value is -2.76. The maximum atomic E-state index is 13.2. The molecule has 1 aliphatic rings. The molecule has 1 aromatic heterocycles. The van der Waals surface area contributed by atoms with Gasteiger partial charge in [-0.15, -0.1) is 11.3 Å². The first kappa shape index (κ1) is 17.6. The van der Waals surface area contributed by atoms with Gasteiger partial charge in [-0.1, -0.05) is 54.1 Å². The van der Waals surface area contributed by atoms with Gasteiger partial charge < -0.3 is 10.0 Å². The van der Waals surface area contributed by atoms with Crippen molar-refractivity contribution in [3.8, 4) is 0 Å². The standard InChI is InChI=1S/C22H19NO3S/c1-15-8-10-16(11-9-15)20(24)13-22(26)18-6-2-3-7-19(18)23(21(22)25)14-17-5-4-12-27-17/h2-12,26H,13-14H2,1H3. The molecule has 5 heteroatoms. The van der Waals surface area contributed by atoms with Crippen LogP contribution in [0.15, 0.2) is 66.0 Å². The number of Topliss-reactive ketones (excluding diaryl/α,β-unsaturated/α-hetero) is 1. The van der Waals surface area contributed by atoms with Crippen LogP contribution in [0.3, 0.4) is 0 Å². The highest BCUT2D eigenvalue weighted by atomic mass is 32.1. The third-order valence-corrected chi connectivity index (χ3v) is 5.78. The summed E-state index contributed by atoms with van der Waals surface area (Å²) < 4.78 is 0. The van der Waals surface area contributed by atoms with Crippen molar-refractivity contribution in [3.05, 3.63) is 87.6 Å². The van der Waals surface area contributed by atoms with Gasteiger partial charge in [-0.3, -0.25) is 9.59 Å². The summed E-state index contributed by atoms with van der Waals surface area (Å²) in [7, 11) is 0. The van der Waals surface area contributed by atoms with Crippen molar-refractivity contribution >= 4 is 28.7 Å². The summed E-state index contributed by atoms with van der Waals surface area (Å²) in [4.78, 5) is 28.5. The van der Waals surface area contributed by atoms with E-state index in [1.807, 2.05) is 48.7 Å². The normalized spacial score (nSPS) is 18.6. The molecule has 1 N–H and O–H groups in total. The number of aliphatic hydroxyl groups is 1. The van der Waals surface area contributed by atoms with Gasteiger partial charge in [-0.2, -0.15) is 0 Å². The van der Waals surface area contributed by atoms with Gasteiger partial charge >= 0.3 is 0 Å². The zero-order chi connectivity index (χ0) is 19.0. The lowest BCUT2D eigenvalue weighted by Crippen LogP contribution is -2.41. The number of hydrogen-bond acceptors (Lipinski definition) is 4. The molecule has 3 aromatic rings. The first-order valence-corrected chi connectivity index (χ1v) is 9.63. The van der Waals surface area contributed by atoms with Gasteiger partial charge in [0.1, 0.15) is 0 Å². The predicted octanol–water partition coefficient (Wildman–Crippen LogP) is 4.06. The fourth-order valence-electron chi connectivity index (χ4n) is 3.47. The molecule has 0 aliphatic carbocycles. The van der Waals surface area contributed by atoms with Crippen LogP contribution in [-0.4, -0.2) is 16.8 Å². The number of carbonyl (C=O) groups excluding carboxylic acids is 2. The fourth-order valence-corrected chi connectivity index (χ4v) is 4.16. The van der Waals surface area contributed by atoms with Crippen LogP contribution in [0.2, 0.25) is 0 Å². The topological polar surface area (TPSA) is 57.6 Å². The Morgan fingerprint density at radius 2 is 1.81 bits per heavy atom. The van der Waals surface area contributed by atoms with Gasteiger partial charge in [0.05, 0.1) is 18.7 Å². The largest absolute Gasteiger partial charge is 0.375 e. The van der Waals surface area contributed by atoms with Crippen molar-refractivity contribution in [2.75, 3.05) is 4.90 Å². The number of carbonyl (C=O) groups is 2. The molecular weight excluding hydrogens is 358 g/mol. The molecule has 1 amide bonds. The second kappa shape index (κ2) is 6.76. The number of hydrogen-bond donors (Lipinski definition) is 1.